The molecule has 0 radical (unpaired) electrons. The van der Waals surface area contributed by atoms with Crippen LogP contribution in [0, 0.1) is 5.82 Å². The van der Waals surface area contributed by atoms with Crippen molar-refractivity contribution in [2.75, 3.05) is 6.26 Å². The molecule has 0 fully saturated rings. The van der Waals surface area contributed by atoms with E-state index < -0.39 is 9.84 Å². The largest absolute Gasteiger partial charge is 0.460 e. The minimum atomic E-state index is -3.12. The molecule has 1 aromatic carbocycles. The van der Waals surface area contributed by atoms with Crippen LogP contribution in [-0.2, 0) is 15.6 Å². The number of halogens is 1. The van der Waals surface area contributed by atoms with Crippen LogP contribution in [0.3, 0.4) is 0 Å². The van der Waals surface area contributed by atoms with Crippen molar-refractivity contribution in [2.45, 2.75) is 5.75 Å². The van der Waals surface area contributed by atoms with Gasteiger partial charge in [-0.05, 0) is 24.3 Å². The Balaban J connectivity index is 2.48. The van der Waals surface area contributed by atoms with Crippen molar-refractivity contribution in [2.24, 2.45) is 0 Å². The quantitative estimate of drug-likeness (QED) is 0.791. The van der Waals surface area contributed by atoms with Gasteiger partial charge in [0.2, 0.25) is 0 Å². The zero-order valence-corrected chi connectivity index (χ0v) is 8.84. The van der Waals surface area contributed by atoms with Crippen LogP contribution < -0.4 is 0 Å². The topological polar surface area (TPSA) is 47.3 Å². The lowest BCUT2D eigenvalue weighted by Crippen LogP contribution is -1.98. The third-order valence-corrected chi connectivity index (χ3v) is 2.74. The molecule has 0 amide bonds. The SMILES string of the molecule is CS(=O)(=O)Cc1cc2cc(F)ccc2o1. The number of hydrogen-bond acceptors (Lipinski definition) is 3. The first-order valence-corrected chi connectivity index (χ1v) is 6.36. The van der Waals surface area contributed by atoms with E-state index in [1.165, 1.54) is 18.2 Å². The van der Waals surface area contributed by atoms with Gasteiger partial charge in [-0.1, -0.05) is 0 Å². The summed E-state index contributed by atoms with van der Waals surface area (Å²) >= 11 is 0. The molecule has 0 spiro atoms. The van der Waals surface area contributed by atoms with E-state index in [4.69, 9.17) is 4.42 Å². The standard InChI is InChI=1S/C10H9FO3S/c1-15(12,13)6-9-5-7-4-8(11)2-3-10(7)14-9/h2-5H,6H2,1H3. The Bertz CT molecular complexity index is 598. The van der Waals surface area contributed by atoms with Crippen LogP contribution in [0.25, 0.3) is 11.0 Å². The van der Waals surface area contributed by atoms with Gasteiger partial charge < -0.3 is 4.42 Å². The molecule has 0 unspecified atom stereocenters. The van der Waals surface area contributed by atoms with Gasteiger partial charge in [-0.25, -0.2) is 12.8 Å². The summed E-state index contributed by atoms with van der Waals surface area (Å²) in [6.45, 7) is 0. The van der Waals surface area contributed by atoms with Gasteiger partial charge in [0, 0.05) is 11.6 Å². The summed E-state index contributed by atoms with van der Waals surface area (Å²) in [6.07, 6.45) is 1.13. The summed E-state index contributed by atoms with van der Waals surface area (Å²) in [4.78, 5) is 0. The van der Waals surface area contributed by atoms with Gasteiger partial charge in [-0.2, -0.15) is 0 Å². The van der Waals surface area contributed by atoms with E-state index in [1.807, 2.05) is 0 Å². The molecule has 0 bridgehead atoms. The number of rotatable bonds is 2. The highest BCUT2D eigenvalue weighted by Gasteiger charge is 2.10. The summed E-state index contributed by atoms with van der Waals surface area (Å²) in [7, 11) is -3.12. The molecule has 3 nitrogen and oxygen atoms in total. The Morgan fingerprint density at radius 3 is 2.73 bits per heavy atom. The third-order valence-electron chi connectivity index (χ3n) is 1.93. The lowest BCUT2D eigenvalue weighted by molar-refractivity contribution is 0.556. The fourth-order valence-corrected chi connectivity index (χ4v) is 2.06. The van der Waals surface area contributed by atoms with Crippen molar-refractivity contribution >= 4 is 20.8 Å². The minimum Gasteiger partial charge on any atom is -0.460 e. The summed E-state index contributed by atoms with van der Waals surface area (Å²) in [5.41, 5.74) is 0.495. The fraction of sp³-hybridized carbons (Fsp3) is 0.200. The number of benzene rings is 1. The number of fused-ring (bicyclic) bond motifs is 1. The molecular formula is C10H9FO3S. The van der Waals surface area contributed by atoms with E-state index >= 15 is 0 Å². The fourth-order valence-electron chi connectivity index (χ4n) is 1.40. The van der Waals surface area contributed by atoms with Crippen molar-refractivity contribution in [3.63, 3.8) is 0 Å². The Hall–Kier alpha value is -1.36. The minimum absolute atomic E-state index is 0.163. The predicted octanol–water partition coefficient (Wildman–Crippen LogP) is 2.12. The Morgan fingerprint density at radius 1 is 1.33 bits per heavy atom. The lowest BCUT2D eigenvalue weighted by Gasteiger charge is -1.91. The molecule has 80 valence electrons. The lowest BCUT2D eigenvalue weighted by atomic mass is 10.2. The van der Waals surface area contributed by atoms with Crippen LogP contribution in [0.1, 0.15) is 5.76 Å². The van der Waals surface area contributed by atoms with Crippen molar-refractivity contribution < 1.29 is 17.2 Å². The van der Waals surface area contributed by atoms with E-state index in [2.05, 4.69) is 0 Å². The number of furan rings is 1. The maximum absolute atomic E-state index is 12.8. The summed E-state index contributed by atoms with van der Waals surface area (Å²) in [5.74, 6) is -0.198. The average molecular weight is 228 g/mol. The van der Waals surface area contributed by atoms with Crippen LogP contribution in [0.5, 0.6) is 0 Å². The van der Waals surface area contributed by atoms with E-state index in [0.29, 0.717) is 16.7 Å². The summed E-state index contributed by atoms with van der Waals surface area (Å²) in [5, 5.41) is 0.577. The first-order chi connectivity index (χ1) is 6.94. The van der Waals surface area contributed by atoms with Gasteiger partial charge in [-0.15, -0.1) is 0 Å². The van der Waals surface area contributed by atoms with E-state index in [-0.39, 0.29) is 11.6 Å². The van der Waals surface area contributed by atoms with E-state index in [9.17, 15) is 12.8 Å². The first kappa shape index (κ1) is 10.2. The zero-order valence-electron chi connectivity index (χ0n) is 8.03. The molecule has 0 atom stereocenters. The second-order valence-corrected chi connectivity index (χ2v) is 5.61. The molecule has 1 aromatic heterocycles. The number of sulfone groups is 1. The highest BCUT2D eigenvalue weighted by molar-refractivity contribution is 7.89. The predicted molar refractivity (Wildman–Crippen MR) is 54.7 cm³/mol. The molecule has 2 aromatic rings. The zero-order chi connectivity index (χ0) is 11.1. The molecular weight excluding hydrogens is 219 g/mol. The molecule has 5 heteroatoms. The Morgan fingerprint density at radius 2 is 2.07 bits per heavy atom. The molecule has 0 aliphatic heterocycles. The highest BCUT2D eigenvalue weighted by atomic mass is 32.2. The normalized spacial score (nSPS) is 12.1. The van der Waals surface area contributed by atoms with Crippen molar-refractivity contribution in [3.8, 4) is 0 Å². The van der Waals surface area contributed by atoms with Gasteiger partial charge in [-0.3, -0.25) is 0 Å². The Kier molecular flexibility index (Phi) is 2.26. The molecule has 0 N–H and O–H groups in total. The molecule has 0 aliphatic rings. The van der Waals surface area contributed by atoms with Gasteiger partial charge in [0.05, 0.1) is 0 Å². The van der Waals surface area contributed by atoms with Crippen molar-refractivity contribution in [3.05, 3.63) is 35.8 Å². The second kappa shape index (κ2) is 3.34. The van der Waals surface area contributed by atoms with Gasteiger partial charge in [0.25, 0.3) is 0 Å². The van der Waals surface area contributed by atoms with Gasteiger partial charge in [0.1, 0.15) is 22.9 Å². The maximum atomic E-state index is 12.8. The Labute approximate surface area is 86.4 Å². The third kappa shape index (κ3) is 2.36. The molecule has 2 rings (SSSR count). The van der Waals surface area contributed by atoms with Crippen molar-refractivity contribution in [1.82, 2.24) is 0 Å². The van der Waals surface area contributed by atoms with E-state index in [1.54, 1.807) is 6.07 Å². The smallest absolute Gasteiger partial charge is 0.154 e. The highest BCUT2D eigenvalue weighted by Crippen LogP contribution is 2.21. The van der Waals surface area contributed by atoms with E-state index in [0.717, 1.165) is 6.26 Å². The van der Waals surface area contributed by atoms with Crippen LogP contribution in [0.2, 0.25) is 0 Å². The monoisotopic (exact) mass is 228 g/mol. The molecule has 1 heterocycles. The van der Waals surface area contributed by atoms with Crippen LogP contribution in [0.4, 0.5) is 4.39 Å². The van der Waals surface area contributed by atoms with Crippen LogP contribution in [0.15, 0.2) is 28.7 Å². The average Bonchev–Trinajstić information content (AvgIpc) is 2.42. The first-order valence-electron chi connectivity index (χ1n) is 4.30. The second-order valence-electron chi connectivity index (χ2n) is 3.46. The molecule has 15 heavy (non-hydrogen) atoms. The number of hydrogen-bond donors (Lipinski definition) is 0. The van der Waals surface area contributed by atoms with Crippen LogP contribution in [-0.4, -0.2) is 14.7 Å². The van der Waals surface area contributed by atoms with Crippen LogP contribution >= 0.6 is 0 Å². The van der Waals surface area contributed by atoms with Crippen molar-refractivity contribution in [1.29, 1.82) is 0 Å². The molecule has 0 saturated heterocycles. The molecule has 0 saturated carbocycles. The maximum Gasteiger partial charge on any atom is 0.154 e. The summed E-state index contributed by atoms with van der Waals surface area (Å²) in [6, 6.07) is 5.61. The summed E-state index contributed by atoms with van der Waals surface area (Å²) < 4.78 is 40.1. The van der Waals surface area contributed by atoms with Gasteiger partial charge in [0.15, 0.2) is 9.84 Å². The molecule has 0 aliphatic carbocycles. The van der Waals surface area contributed by atoms with Gasteiger partial charge >= 0.3 is 0 Å².